The Bertz CT molecular complexity index is 775. The summed E-state index contributed by atoms with van der Waals surface area (Å²) in [5.41, 5.74) is 2.56. The van der Waals surface area contributed by atoms with Crippen molar-refractivity contribution in [2.45, 2.75) is 19.8 Å². The molecule has 0 aliphatic carbocycles. The van der Waals surface area contributed by atoms with Gasteiger partial charge in [0.2, 0.25) is 11.8 Å². The molecule has 2 amide bonds. The van der Waals surface area contributed by atoms with Crippen LogP contribution in [0.4, 0.5) is 11.4 Å². The van der Waals surface area contributed by atoms with Crippen LogP contribution in [0.5, 0.6) is 0 Å². The molecule has 2 aromatic carbocycles. The molecule has 1 atom stereocenters. The molecule has 0 unspecified atom stereocenters. The number of para-hydroxylation sites is 2. The average Bonchev–Trinajstić information content (AvgIpc) is 2.97. The molecule has 0 aromatic heterocycles. The molecule has 1 heterocycles. The number of aryl methyl sites for hydroxylation is 1. The third-order valence-corrected chi connectivity index (χ3v) is 4.61. The predicted molar refractivity (Wildman–Crippen MR) is 96.4 cm³/mol. The Hall–Kier alpha value is -2.33. The third-order valence-electron chi connectivity index (χ3n) is 4.30. The van der Waals surface area contributed by atoms with Crippen LogP contribution in [-0.4, -0.2) is 18.4 Å². The molecule has 1 fully saturated rings. The first kappa shape index (κ1) is 16.5. The molecule has 1 aliphatic rings. The lowest BCUT2D eigenvalue weighted by Crippen LogP contribution is -2.28. The molecular formula is C19H19ClN2O2. The quantitative estimate of drug-likeness (QED) is 0.916. The topological polar surface area (TPSA) is 49.4 Å². The number of hydrogen-bond acceptors (Lipinski definition) is 2. The Morgan fingerprint density at radius 2 is 1.92 bits per heavy atom. The summed E-state index contributed by atoms with van der Waals surface area (Å²) in [6.45, 7) is 2.39. The Morgan fingerprint density at radius 1 is 1.21 bits per heavy atom. The Morgan fingerprint density at radius 3 is 2.67 bits per heavy atom. The number of carbonyl (C=O) groups is 2. The fourth-order valence-electron chi connectivity index (χ4n) is 2.97. The van der Waals surface area contributed by atoms with Crippen LogP contribution in [-0.2, 0) is 16.0 Å². The first-order chi connectivity index (χ1) is 11.6. The van der Waals surface area contributed by atoms with Crippen molar-refractivity contribution in [2.75, 3.05) is 16.8 Å². The van der Waals surface area contributed by atoms with Gasteiger partial charge in [-0.05, 0) is 30.2 Å². The minimum absolute atomic E-state index is 0.0768. The van der Waals surface area contributed by atoms with Gasteiger partial charge in [0, 0.05) is 18.7 Å². The maximum Gasteiger partial charge on any atom is 0.229 e. The molecule has 3 rings (SSSR count). The highest BCUT2D eigenvalue weighted by Crippen LogP contribution is 2.31. The summed E-state index contributed by atoms with van der Waals surface area (Å²) in [4.78, 5) is 26.5. The van der Waals surface area contributed by atoms with Gasteiger partial charge in [-0.3, -0.25) is 9.59 Å². The van der Waals surface area contributed by atoms with E-state index in [1.54, 1.807) is 17.0 Å². The van der Waals surface area contributed by atoms with Crippen LogP contribution < -0.4 is 10.2 Å². The minimum atomic E-state index is -0.376. The fourth-order valence-corrected chi connectivity index (χ4v) is 3.21. The van der Waals surface area contributed by atoms with Gasteiger partial charge in [-0.25, -0.2) is 0 Å². The van der Waals surface area contributed by atoms with Gasteiger partial charge < -0.3 is 10.2 Å². The van der Waals surface area contributed by atoms with E-state index in [1.165, 1.54) is 0 Å². The summed E-state index contributed by atoms with van der Waals surface area (Å²) in [5.74, 6) is -0.579. The van der Waals surface area contributed by atoms with Crippen molar-refractivity contribution < 1.29 is 9.59 Å². The predicted octanol–water partition coefficient (Wildman–Crippen LogP) is 3.89. The van der Waals surface area contributed by atoms with Crippen molar-refractivity contribution in [3.8, 4) is 0 Å². The van der Waals surface area contributed by atoms with Crippen molar-refractivity contribution >= 4 is 34.8 Å². The fraction of sp³-hybridized carbons (Fsp3) is 0.263. The van der Waals surface area contributed by atoms with Crippen molar-refractivity contribution in [2.24, 2.45) is 5.92 Å². The monoisotopic (exact) mass is 342 g/mol. The summed E-state index contributed by atoms with van der Waals surface area (Å²) < 4.78 is 0. The van der Waals surface area contributed by atoms with Gasteiger partial charge in [0.05, 0.1) is 16.6 Å². The van der Waals surface area contributed by atoms with Crippen molar-refractivity contribution in [1.29, 1.82) is 0 Å². The lowest BCUT2D eigenvalue weighted by atomic mass is 10.1. The molecule has 0 saturated carbocycles. The zero-order chi connectivity index (χ0) is 17.1. The number of halogens is 1. The Balaban J connectivity index is 1.74. The van der Waals surface area contributed by atoms with Gasteiger partial charge in [-0.1, -0.05) is 48.9 Å². The van der Waals surface area contributed by atoms with E-state index in [4.69, 9.17) is 11.6 Å². The SMILES string of the molecule is CCc1ccccc1NC(=O)[C@H]1CC(=O)N(c2ccccc2Cl)C1. The maximum absolute atomic E-state index is 12.6. The normalized spacial score (nSPS) is 17.2. The van der Waals surface area contributed by atoms with Gasteiger partial charge >= 0.3 is 0 Å². The number of benzene rings is 2. The zero-order valence-corrected chi connectivity index (χ0v) is 14.2. The molecular weight excluding hydrogens is 324 g/mol. The molecule has 0 bridgehead atoms. The highest BCUT2D eigenvalue weighted by atomic mass is 35.5. The molecule has 4 nitrogen and oxygen atoms in total. The second-order valence-corrected chi connectivity index (χ2v) is 6.26. The number of hydrogen-bond donors (Lipinski definition) is 1. The van der Waals surface area contributed by atoms with Gasteiger partial charge in [0.1, 0.15) is 0 Å². The summed E-state index contributed by atoms with van der Waals surface area (Å²) in [5, 5.41) is 3.48. The highest BCUT2D eigenvalue weighted by molar-refractivity contribution is 6.33. The first-order valence-electron chi connectivity index (χ1n) is 8.03. The Labute approximate surface area is 146 Å². The number of carbonyl (C=O) groups excluding carboxylic acids is 2. The van der Waals surface area contributed by atoms with Crippen molar-refractivity contribution in [3.63, 3.8) is 0 Å². The summed E-state index contributed by atoms with van der Waals surface area (Å²) in [6.07, 6.45) is 1.04. The maximum atomic E-state index is 12.6. The van der Waals surface area contributed by atoms with E-state index in [1.807, 2.05) is 43.3 Å². The first-order valence-corrected chi connectivity index (χ1v) is 8.41. The highest BCUT2D eigenvalue weighted by Gasteiger charge is 2.35. The van der Waals surface area contributed by atoms with Crippen LogP contribution in [0.1, 0.15) is 18.9 Å². The Kier molecular flexibility index (Phi) is 4.86. The van der Waals surface area contributed by atoms with Crippen LogP contribution in [0.15, 0.2) is 48.5 Å². The summed E-state index contributed by atoms with van der Waals surface area (Å²) in [7, 11) is 0. The zero-order valence-electron chi connectivity index (χ0n) is 13.5. The minimum Gasteiger partial charge on any atom is -0.326 e. The second-order valence-electron chi connectivity index (χ2n) is 5.86. The largest absolute Gasteiger partial charge is 0.326 e. The molecule has 24 heavy (non-hydrogen) atoms. The standard InChI is InChI=1S/C19H19ClN2O2/c1-2-13-7-3-5-9-16(13)21-19(24)14-11-18(23)22(12-14)17-10-6-4-8-15(17)20/h3-10,14H,2,11-12H2,1H3,(H,21,24)/t14-/m0/s1. The van der Waals surface area contributed by atoms with Crippen molar-refractivity contribution in [1.82, 2.24) is 0 Å². The number of nitrogens with zero attached hydrogens (tertiary/aromatic N) is 1. The van der Waals surface area contributed by atoms with Crippen LogP contribution in [0.3, 0.4) is 0 Å². The number of amides is 2. The molecule has 5 heteroatoms. The van der Waals surface area contributed by atoms with Crippen molar-refractivity contribution in [3.05, 3.63) is 59.1 Å². The molecule has 1 saturated heterocycles. The van der Waals surface area contributed by atoms with E-state index in [2.05, 4.69) is 5.32 Å². The van der Waals surface area contributed by atoms with Crippen LogP contribution in [0, 0.1) is 5.92 Å². The van der Waals surface area contributed by atoms with Gasteiger partial charge in [-0.2, -0.15) is 0 Å². The molecule has 124 valence electrons. The van der Waals surface area contributed by atoms with Crippen LogP contribution in [0.25, 0.3) is 0 Å². The molecule has 1 N–H and O–H groups in total. The van der Waals surface area contributed by atoms with E-state index in [0.29, 0.717) is 17.3 Å². The lowest BCUT2D eigenvalue weighted by molar-refractivity contribution is -0.122. The third kappa shape index (κ3) is 3.29. The summed E-state index contributed by atoms with van der Waals surface area (Å²) in [6, 6.07) is 14.9. The number of anilines is 2. The van der Waals surface area contributed by atoms with E-state index < -0.39 is 0 Å². The van der Waals surface area contributed by atoms with E-state index in [-0.39, 0.29) is 24.2 Å². The second kappa shape index (κ2) is 7.05. The van der Waals surface area contributed by atoms with E-state index >= 15 is 0 Å². The number of nitrogens with one attached hydrogen (secondary N) is 1. The molecule has 2 aromatic rings. The van der Waals surface area contributed by atoms with E-state index in [9.17, 15) is 9.59 Å². The van der Waals surface area contributed by atoms with Gasteiger partial charge in [0.15, 0.2) is 0 Å². The van der Waals surface area contributed by atoms with E-state index in [0.717, 1.165) is 17.7 Å². The number of rotatable bonds is 4. The molecule has 1 aliphatic heterocycles. The summed E-state index contributed by atoms with van der Waals surface area (Å²) >= 11 is 6.17. The molecule has 0 radical (unpaired) electrons. The average molecular weight is 343 g/mol. The van der Waals surface area contributed by atoms with Crippen LogP contribution >= 0.6 is 11.6 Å². The smallest absolute Gasteiger partial charge is 0.229 e. The molecule has 0 spiro atoms. The van der Waals surface area contributed by atoms with Gasteiger partial charge in [0.25, 0.3) is 0 Å². The lowest BCUT2D eigenvalue weighted by Gasteiger charge is -2.18. The van der Waals surface area contributed by atoms with Crippen LogP contribution in [0.2, 0.25) is 5.02 Å². The van der Waals surface area contributed by atoms with Gasteiger partial charge in [-0.15, -0.1) is 0 Å².